The summed E-state index contributed by atoms with van der Waals surface area (Å²) in [4.78, 5) is 24.2. The summed E-state index contributed by atoms with van der Waals surface area (Å²) in [5.74, 6) is 0.772. The van der Waals surface area contributed by atoms with Gasteiger partial charge in [0.15, 0.2) is 0 Å². The Labute approximate surface area is 136 Å². The summed E-state index contributed by atoms with van der Waals surface area (Å²) in [7, 11) is 1.96. The number of nitrogens with zero attached hydrogens (tertiary/aromatic N) is 4. The Hall–Kier alpha value is -1.56. The van der Waals surface area contributed by atoms with Gasteiger partial charge in [-0.3, -0.25) is 0 Å². The first-order chi connectivity index (χ1) is 10.2. The van der Waals surface area contributed by atoms with Gasteiger partial charge in [-0.05, 0) is 45.7 Å². The summed E-state index contributed by atoms with van der Waals surface area (Å²) in [6.45, 7) is 8.79. The van der Waals surface area contributed by atoms with Gasteiger partial charge in [0.2, 0.25) is 5.28 Å². The van der Waals surface area contributed by atoms with Crippen molar-refractivity contribution in [3.8, 4) is 0 Å². The zero-order valence-electron chi connectivity index (χ0n) is 13.8. The number of aromatic nitrogens is 2. The second-order valence-corrected chi connectivity index (χ2v) is 6.95. The van der Waals surface area contributed by atoms with Gasteiger partial charge in [-0.2, -0.15) is 0 Å². The number of rotatable bonds is 2. The summed E-state index contributed by atoms with van der Waals surface area (Å²) < 4.78 is 5.42. The van der Waals surface area contributed by atoms with Gasteiger partial charge in [-0.15, -0.1) is 0 Å². The number of halogens is 1. The van der Waals surface area contributed by atoms with Crippen molar-refractivity contribution in [1.82, 2.24) is 14.9 Å². The van der Waals surface area contributed by atoms with Gasteiger partial charge in [0.05, 0.1) is 0 Å². The topological polar surface area (TPSA) is 58.6 Å². The first-order valence-corrected chi connectivity index (χ1v) is 7.75. The molecule has 0 bridgehead atoms. The summed E-state index contributed by atoms with van der Waals surface area (Å²) in [6.07, 6.45) is 0.608. The molecule has 1 amide bonds. The SMILES string of the molecule is Cc1cc(N(C)C2CCN(C(=O)OC(C)(C)C)C2)nc(Cl)n1. The highest BCUT2D eigenvalue weighted by molar-refractivity contribution is 6.28. The Kier molecular flexibility index (Phi) is 4.80. The van der Waals surface area contributed by atoms with Crippen LogP contribution in [0.2, 0.25) is 5.28 Å². The first kappa shape index (κ1) is 16.8. The van der Waals surface area contributed by atoms with Crippen LogP contribution in [0.5, 0.6) is 0 Å². The van der Waals surface area contributed by atoms with E-state index in [-0.39, 0.29) is 17.4 Å². The number of aryl methyl sites for hydroxylation is 1. The first-order valence-electron chi connectivity index (χ1n) is 7.37. The Balaban J connectivity index is 2.02. The highest BCUT2D eigenvalue weighted by Gasteiger charge is 2.32. The molecule has 1 fully saturated rings. The number of likely N-dealkylation sites (N-methyl/N-ethyl adjacent to an activating group) is 1. The standard InChI is InChI=1S/C15H23ClN4O2/c1-10-8-12(18-13(16)17-10)19(5)11-6-7-20(9-11)14(21)22-15(2,3)4/h8,11H,6-7,9H2,1-5H3. The van der Waals surface area contributed by atoms with Crippen molar-refractivity contribution < 1.29 is 9.53 Å². The molecular weight excluding hydrogens is 304 g/mol. The number of carbonyl (C=O) groups is 1. The average Bonchev–Trinajstić information content (AvgIpc) is 2.84. The molecular formula is C15H23ClN4O2. The quantitative estimate of drug-likeness (QED) is 0.782. The van der Waals surface area contributed by atoms with Crippen LogP contribution in [-0.4, -0.2) is 52.7 Å². The molecule has 1 aliphatic heterocycles. The van der Waals surface area contributed by atoms with Crippen molar-refractivity contribution in [2.45, 2.75) is 45.8 Å². The number of anilines is 1. The van der Waals surface area contributed by atoms with E-state index in [2.05, 4.69) is 9.97 Å². The zero-order valence-corrected chi connectivity index (χ0v) is 14.5. The number of amides is 1. The van der Waals surface area contributed by atoms with E-state index in [0.717, 1.165) is 17.9 Å². The minimum Gasteiger partial charge on any atom is -0.444 e. The highest BCUT2D eigenvalue weighted by Crippen LogP contribution is 2.23. The number of carbonyl (C=O) groups excluding carboxylic acids is 1. The molecule has 2 heterocycles. The van der Waals surface area contributed by atoms with Gasteiger partial charge in [0, 0.05) is 37.9 Å². The van der Waals surface area contributed by atoms with E-state index < -0.39 is 5.60 Å². The molecule has 6 nitrogen and oxygen atoms in total. The second-order valence-electron chi connectivity index (χ2n) is 6.62. The molecule has 1 unspecified atom stereocenters. The van der Waals surface area contributed by atoms with Crippen molar-refractivity contribution in [3.05, 3.63) is 17.0 Å². The van der Waals surface area contributed by atoms with Crippen LogP contribution >= 0.6 is 11.6 Å². The monoisotopic (exact) mass is 326 g/mol. The largest absolute Gasteiger partial charge is 0.444 e. The predicted octanol–water partition coefficient (Wildman–Crippen LogP) is 2.88. The van der Waals surface area contributed by atoms with Crippen LogP contribution in [0.1, 0.15) is 32.9 Å². The second kappa shape index (κ2) is 6.28. The zero-order chi connectivity index (χ0) is 16.5. The number of hydrogen-bond donors (Lipinski definition) is 0. The molecule has 7 heteroatoms. The molecule has 0 aliphatic carbocycles. The molecule has 1 saturated heterocycles. The Morgan fingerprint density at radius 3 is 2.73 bits per heavy atom. The Morgan fingerprint density at radius 2 is 2.14 bits per heavy atom. The molecule has 22 heavy (non-hydrogen) atoms. The minimum absolute atomic E-state index is 0.192. The lowest BCUT2D eigenvalue weighted by atomic mass is 10.2. The van der Waals surface area contributed by atoms with Crippen LogP contribution in [0.4, 0.5) is 10.6 Å². The van der Waals surface area contributed by atoms with Gasteiger partial charge in [0.25, 0.3) is 0 Å². The maximum atomic E-state index is 12.1. The van der Waals surface area contributed by atoms with Crippen molar-refractivity contribution in [2.24, 2.45) is 0 Å². The molecule has 0 spiro atoms. The van der Waals surface area contributed by atoms with Crippen LogP contribution in [0, 0.1) is 6.92 Å². The third kappa shape index (κ3) is 4.22. The van der Waals surface area contributed by atoms with Crippen molar-refractivity contribution in [1.29, 1.82) is 0 Å². The van der Waals surface area contributed by atoms with Crippen molar-refractivity contribution in [3.63, 3.8) is 0 Å². The lowest BCUT2D eigenvalue weighted by Crippen LogP contribution is -2.39. The van der Waals surface area contributed by atoms with E-state index >= 15 is 0 Å². The fourth-order valence-electron chi connectivity index (χ4n) is 2.43. The Bertz CT molecular complexity index is 539. The van der Waals surface area contributed by atoms with E-state index in [1.54, 1.807) is 4.90 Å². The summed E-state index contributed by atoms with van der Waals surface area (Å²) >= 11 is 5.92. The van der Waals surface area contributed by atoms with Gasteiger partial charge in [0.1, 0.15) is 11.4 Å². The van der Waals surface area contributed by atoms with Crippen LogP contribution in [0.3, 0.4) is 0 Å². The summed E-state index contributed by atoms with van der Waals surface area (Å²) in [6, 6.07) is 2.08. The molecule has 1 aromatic heterocycles. The highest BCUT2D eigenvalue weighted by atomic mass is 35.5. The van der Waals surface area contributed by atoms with E-state index in [1.807, 2.05) is 45.7 Å². The van der Waals surface area contributed by atoms with Crippen LogP contribution in [-0.2, 0) is 4.74 Å². The number of hydrogen-bond acceptors (Lipinski definition) is 5. The van der Waals surface area contributed by atoms with Gasteiger partial charge >= 0.3 is 6.09 Å². The molecule has 0 saturated carbocycles. The van der Waals surface area contributed by atoms with Crippen LogP contribution in [0.15, 0.2) is 6.07 Å². The normalized spacial score (nSPS) is 18.5. The van der Waals surface area contributed by atoms with E-state index in [1.165, 1.54) is 0 Å². The maximum Gasteiger partial charge on any atom is 0.410 e. The third-order valence-corrected chi connectivity index (χ3v) is 3.71. The number of likely N-dealkylation sites (tertiary alicyclic amines) is 1. The smallest absolute Gasteiger partial charge is 0.410 e. The third-order valence-electron chi connectivity index (χ3n) is 3.54. The minimum atomic E-state index is -0.474. The predicted molar refractivity (Wildman–Crippen MR) is 86.4 cm³/mol. The van der Waals surface area contributed by atoms with Crippen molar-refractivity contribution >= 4 is 23.5 Å². The van der Waals surface area contributed by atoms with Crippen LogP contribution < -0.4 is 4.90 Å². The molecule has 122 valence electrons. The average molecular weight is 327 g/mol. The van der Waals surface area contributed by atoms with E-state index in [9.17, 15) is 4.79 Å². The van der Waals surface area contributed by atoms with E-state index in [4.69, 9.17) is 16.3 Å². The molecule has 0 radical (unpaired) electrons. The van der Waals surface area contributed by atoms with Gasteiger partial charge < -0.3 is 14.5 Å². The molecule has 2 rings (SSSR count). The van der Waals surface area contributed by atoms with Gasteiger partial charge in [-0.25, -0.2) is 14.8 Å². The summed E-state index contributed by atoms with van der Waals surface area (Å²) in [5, 5.41) is 0.240. The maximum absolute atomic E-state index is 12.1. The summed E-state index contributed by atoms with van der Waals surface area (Å²) in [5.41, 5.74) is 0.349. The molecule has 1 aromatic rings. The lowest BCUT2D eigenvalue weighted by molar-refractivity contribution is 0.0292. The van der Waals surface area contributed by atoms with Gasteiger partial charge in [-0.1, -0.05) is 0 Å². The van der Waals surface area contributed by atoms with Crippen LogP contribution in [0.25, 0.3) is 0 Å². The molecule has 0 N–H and O–H groups in total. The lowest BCUT2D eigenvalue weighted by Gasteiger charge is -2.27. The van der Waals surface area contributed by atoms with E-state index in [0.29, 0.717) is 13.1 Å². The fraction of sp³-hybridized carbons (Fsp3) is 0.667. The fourth-order valence-corrected chi connectivity index (χ4v) is 2.65. The molecule has 0 aromatic carbocycles. The Morgan fingerprint density at radius 1 is 1.45 bits per heavy atom. The molecule has 1 aliphatic rings. The molecule has 1 atom stereocenters. The van der Waals surface area contributed by atoms with Crippen molar-refractivity contribution in [2.75, 3.05) is 25.0 Å². The number of ether oxygens (including phenoxy) is 1.